The zero-order valence-corrected chi connectivity index (χ0v) is 17.3. The second kappa shape index (κ2) is 9.27. The van der Waals surface area contributed by atoms with Crippen LogP contribution in [0.25, 0.3) is 0 Å². The van der Waals surface area contributed by atoms with E-state index in [0.29, 0.717) is 12.0 Å². The van der Waals surface area contributed by atoms with Crippen molar-refractivity contribution in [1.82, 2.24) is 20.4 Å². The summed E-state index contributed by atoms with van der Waals surface area (Å²) in [6.07, 6.45) is 8.30. The van der Waals surface area contributed by atoms with Gasteiger partial charge in [-0.1, -0.05) is 24.3 Å². The molecule has 0 bridgehead atoms. The summed E-state index contributed by atoms with van der Waals surface area (Å²) >= 11 is 0. The number of carbonyl (C=O) groups is 1. The Morgan fingerprint density at radius 3 is 2.57 bits per heavy atom. The van der Waals surface area contributed by atoms with Crippen molar-refractivity contribution in [3.05, 3.63) is 35.4 Å². The molecule has 5 heteroatoms. The lowest BCUT2D eigenvalue weighted by Crippen LogP contribution is -2.52. The molecule has 2 N–H and O–H groups in total. The van der Waals surface area contributed by atoms with E-state index in [2.05, 4.69) is 51.7 Å². The summed E-state index contributed by atoms with van der Waals surface area (Å²) in [5, 5.41) is 6.38. The Morgan fingerprint density at radius 1 is 1.04 bits per heavy atom. The Labute approximate surface area is 169 Å². The standard InChI is InChI=1S/C23H36N4O/c1-26-13-11-21(12-14-26)27-15-9-20(10-16-27)25-23(28)24-17-19-7-4-6-18-5-2-3-8-22(18)19/h2-3,5,8,19-21H,4,6-7,9-17H2,1H3,(H2,24,25,28)/t19-/m1/s1. The Morgan fingerprint density at radius 2 is 1.79 bits per heavy atom. The first kappa shape index (κ1) is 19.7. The zero-order valence-electron chi connectivity index (χ0n) is 17.3. The van der Waals surface area contributed by atoms with Gasteiger partial charge in [-0.05, 0) is 76.2 Å². The van der Waals surface area contributed by atoms with Crippen molar-refractivity contribution in [2.45, 2.75) is 62.9 Å². The maximum absolute atomic E-state index is 12.4. The molecule has 154 valence electrons. The highest BCUT2D eigenvalue weighted by Crippen LogP contribution is 2.30. The highest BCUT2D eigenvalue weighted by atomic mass is 16.2. The van der Waals surface area contributed by atoms with Gasteiger partial charge >= 0.3 is 6.03 Å². The number of hydrogen-bond donors (Lipinski definition) is 2. The van der Waals surface area contributed by atoms with E-state index in [9.17, 15) is 4.79 Å². The highest BCUT2D eigenvalue weighted by molar-refractivity contribution is 5.74. The van der Waals surface area contributed by atoms with Gasteiger partial charge in [0.25, 0.3) is 0 Å². The molecule has 28 heavy (non-hydrogen) atoms. The summed E-state index contributed by atoms with van der Waals surface area (Å²) in [6, 6.07) is 9.80. The maximum atomic E-state index is 12.4. The molecule has 1 atom stereocenters. The van der Waals surface area contributed by atoms with Gasteiger partial charge in [0.15, 0.2) is 0 Å². The topological polar surface area (TPSA) is 47.6 Å². The first-order valence-corrected chi connectivity index (χ1v) is 11.2. The van der Waals surface area contributed by atoms with Gasteiger partial charge in [-0.25, -0.2) is 4.79 Å². The molecule has 2 aliphatic heterocycles. The van der Waals surface area contributed by atoms with Crippen molar-refractivity contribution in [2.75, 3.05) is 39.8 Å². The number of hydrogen-bond acceptors (Lipinski definition) is 3. The summed E-state index contributed by atoms with van der Waals surface area (Å²) in [7, 11) is 2.22. The smallest absolute Gasteiger partial charge is 0.315 e. The lowest BCUT2D eigenvalue weighted by atomic mass is 9.83. The Kier molecular flexibility index (Phi) is 6.53. The van der Waals surface area contributed by atoms with E-state index >= 15 is 0 Å². The summed E-state index contributed by atoms with van der Waals surface area (Å²) in [4.78, 5) is 17.5. The number of urea groups is 1. The molecule has 2 heterocycles. The van der Waals surface area contributed by atoms with E-state index in [1.165, 1.54) is 56.3 Å². The average Bonchev–Trinajstić information content (AvgIpc) is 2.73. The van der Waals surface area contributed by atoms with Gasteiger partial charge in [0, 0.05) is 37.6 Å². The van der Waals surface area contributed by atoms with Crippen molar-refractivity contribution in [3.63, 3.8) is 0 Å². The Balaban J connectivity index is 1.18. The highest BCUT2D eigenvalue weighted by Gasteiger charge is 2.28. The average molecular weight is 385 g/mol. The molecule has 2 amide bonds. The number of fused-ring (bicyclic) bond motifs is 1. The van der Waals surface area contributed by atoms with E-state index in [-0.39, 0.29) is 6.03 Å². The van der Waals surface area contributed by atoms with Crippen LogP contribution in [0.2, 0.25) is 0 Å². The van der Waals surface area contributed by atoms with Crippen LogP contribution in [-0.2, 0) is 6.42 Å². The van der Waals surface area contributed by atoms with E-state index in [1.807, 2.05) is 0 Å². The van der Waals surface area contributed by atoms with E-state index in [4.69, 9.17) is 0 Å². The molecule has 3 aliphatic rings. The first-order valence-electron chi connectivity index (χ1n) is 11.2. The minimum absolute atomic E-state index is 0.0146. The maximum Gasteiger partial charge on any atom is 0.315 e. The monoisotopic (exact) mass is 384 g/mol. The van der Waals surface area contributed by atoms with Gasteiger partial charge in [0.1, 0.15) is 0 Å². The van der Waals surface area contributed by atoms with Crippen LogP contribution in [0, 0.1) is 0 Å². The Hall–Kier alpha value is -1.59. The van der Waals surface area contributed by atoms with Crippen LogP contribution in [0.1, 0.15) is 55.6 Å². The van der Waals surface area contributed by atoms with Gasteiger partial charge in [-0.3, -0.25) is 0 Å². The van der Waals surface area contributed by atoms with Crippen LogP contribution in [-0.4, -0.2) is 67.7 Å². The van der Waals surface area contributed by atoms with Gasteiger partial charge in [-0.2, -0.15) is 0 Å². The lowest BCUT2D eigenvalue weighted by molar-refractivity contribution is 0.0934. The third-order valence-corrected chi connectivity index (χ3v) is 7.07. The summed E-state index contributed by atoms with van der Waals surface area (Å²) in [5.74, 6) is 0.460. The number of likely N-dealkylation sites (tertiary alicyclic amines) is 2. The first-order chi connectivity index (χ1) is 13.7. The molecule has 4 rings (SSSR count). The lowest BCUT2D eigenvalue weighted by Gasteiger charge is -2.41. The molecule has 1 aromatic rings. The summed E-state index contributed by atoms with van der Waals surface area (Å²) < 4.78 is 0. The van der Waals surface area contributed by atoms with Crippen molar-refractivity contribution in [1.29, 1.82) is 0 Å². The van der Waals surface area contributed by atoms with Crippen LogP contribution >= 0.6 is 0 Å². The molecule has 0 aromatic heterocycles. The molecule has 2 fully saturated rings. The van der Waals surface area contributed by atoms with E-state index < -0.39 is 0 Å². The van der Waals surface area contributed by atoms with Crippen molar-refractivity contribution in [3.8, 4) is 0 Å². The minimum atomic E-state index is 0.0146. The van der Waals surface area contributed by atoms with Crippen LogP contribution < -0.4 is 10.6 Å². The second-order valence-corrected chi connectivity index (χ2v) is 8.99. The number of carbonyl (C=O) groups excluding carboxylic acids is 1. The van der Waals surface area contributed by atoms with Crippen molar-refractivity contribution < 1.29 is 4.79 Å². The molecular weight excluding hydrogens is 348 g/mol. The van der Waals surface area contributed by atoms with Crippen LogP contribution in [0.3, 0.4) is 0 Å². The molecule has 5 nitrogen and oxygen atoms in total. The quantitative estimate of drug-likeness (QED) is 0.839. The van der Waals surface area contributed by atoms with E-state index in [1.54, 1.807) is 0 Å². The van der Waals surface area contributed by atoms with Gasteiger partial charge in [-0.15, -0.1) is 0 Å². The number of amides is 2. The Bertz CT molecular complexity index is 648. The van der Waals surface area contributed by atoms with E-state index in [0.717, 1.165) is 38.5 Å². The van der Waals surface area contributed by atoms with Gasteiger partial charge < -0.3 is 20.4 Å². The molecule has 0 saturated carbocycles. The molecular formula is C23H36N4O. The molecule has 0 radical (unpaired) electrons. The van der Waals surface area contributed by atoms with Gasteiger partial charge in [0.05, 0.1) is 0 Å². The molecule has 0 unspecified atom stereocenters. The summed E-state index contributed by atoms with van der Waals surface area (Å²) in [5.41, 5.74) is 2.89. The third kappa shape index (κ3) is 4.87. The minimum Gasteiger partial charge on any atom is -0.338 e. The number of nitrogens with zero attached hydrogens (tertiary/aromatic N) is 2. The fourth-order valence-corrected chi connectivity index (χ4v) is 5.29. The SMILES string of the molecule is CN1CCC(N2CCC(NC(=O)NC[C@H]3CCCc4ccccc43)CC2)CC1. The molecule has 1 aromatic carbocycles. The largest absolute Gasteiger partial charge is 0.338 e. The molecule has 2 saturated heterocycles. The fraction of sp³-hybridized carbons (Fsp3) is 0.696. The van der Waals surface area contributed by atoms with Crippen LogP contribution in [0.15, 0.2) is 24.3 Å². The second-order valence-electron chi connectivity index (χ2n) is 8.99. The molecule has 1 aliphatic carbocycles. The van der Waals surface area contributed by atoms with Crippen molar-refractivity contribution >= 4 is 6.03 Å². The third-order valence-electron chi connectivity index (χ3n) is 7.07. The number of piperidine rings is 2. The molecule has 0 spiro atoms. The predicted octanol–water partition coefficient (Wildman–Crippen LogP) is 2.96. The number of rotatable bonds is 4. The number of aryl methyl sites for hydroxylation is 1. The van der Waals surface area contributed by atoms with Crippen molar-refractivity contribution in [2.24, 2.45) is 0 Å². The normalized spacial score (nSPS) is 25.2. The van der Waals surface area contributed by atoms with Gasteiger partial charge in [0.2, 0.25) is 0 Å². The zero-order chi connectivity index (χ0) is 19.3. The number of benzene rings is 1. The predicted molar refractivity (Wildman–Crippen MR) is 114 cm³/mol. The fourth-order valence-electron chi connectivity index (χ4n) is 5.29. The number of nitrogens with one attached hydrogen (secondary N) is 2. The van der Waals surface area contributed by atoms with Crippen LogP contribution in [0.4, 0.5) is 4.79 Å². The van der Waals surface area contributed by atoms with Crippen LogP contribution in [0.5, 0.6) is 0 Å². The summed E-state index contributed by atoms with van der Waals surface area (Å²) in [6.45, 7) is 5.42.